The molecule has 1 unspecified atom stereocenters. The van der Waals surface area contributed by atoms with Crippen LogP contribution in [-0.2, 0) is 6.42 Å². The van der Waals surface area contributed by atoms with Crippen molar-refractivity contribution in [1.82, 2.24) is 25.5 Å². The van der Waals surface area contributed by atoms with Crippen molar-refractivity contribution in [3.8, 4) is 0 Å². The molecule has 86 valence electrons. The number of aromatic nitrogens is 4. The van der Waals surface area contributed by atoms with Crippen molar-refractivity contribution in [1.29, 1.82) is 0 Å². The van der Waals surface area contributed by atoms with E-state index in [0.29, 0.717) is 0 Å². The van der Waals surface area contributed by atoms with Gasteiger partial charge in [0.05, 0.1) is 11.0 Å². The Morgan fingerprint density at radius 1 is 1.50 bits per heavy atom. The standard InChI is InChI=1S/C10H15N5S/c1-2-3-11-8(10-13-7-14-15-10)6-9-12-4-5-16-9/h4-5,7-8,11H,2-3,6H2,1H3,(H,13,14,15). The van der Waals surface area contributed by atoms with Crippen molar-refractivity contribution in [3.05, 3.63) is 28.7 Å². The third-order valence-corrected chi connectivity index (χ3v) is 3.07. The summed E-state index contributed by atoms with van der Waals surface area (Å²) in [6.45, 7) is 3.12. The largest absolute Gasteiger partial charge is 0.307 e. The van der Waals surface area contributed by atoms with E-state index in [9.17, 15) is 0 Å². The summed E-state index contributed by atoms with van der Waals surface area (Å²) < 4.78 is 0. The van der Waals surface area contributed by atoms with Crippen LogP contribution in [-0.4, -0.2) is 26.7 Å². The first-order chi connectivity index (χ1) is 7.90. The molecule has 2 rings (SSSR count). The topological polar surface area (TPSA) is 66.5 Å². The number of nitrogens with zero attached hydrogens (tertiary/aromatic N) is 3. The average molecular weight is 237 g/mol. The van der Waals surface area contributed by atoms with Crippen LogP contribution in [0.1, 0.15) is 30.2 Å². The lowest BCUT2D eigenvalue weighted by atomic mass is 10.2. The van der Waals surface area contributed by atoms with Gasteiger partial charge in [0.15, 0.2) is 0 Å². The Bertz CT molecular complexity index is 383. The van der Waals surface area contributed by atoms with Crippen molar-refractivity contribution >= 4 is 11.3 Å². The highest BCUT2D eigenvalue weighted by atomic mass is 32.1. The van der Waals surface area contributed by atoms with Gasteiger partial charge in [-0.25, -0.2) is 9.97 Å². The van der Waals surface area contributed by atoms with Crippen LogP contribution in [0.4, 0.5) is 0 Å². The Kier molecular flexibility index (Phi) is 4.01. The Labute approximate surface area is 98.3 Å². The summed E-state index contributed by atoms with van der Waals surface area (Å²) in [6.07, 6.45) is 5.32. The first-order valence-corrected chi connectivity index (χ1v) is 6.25. The van der Waals surface area contributed by atoms with E-state index in [1.165, 1.54) is 6.33 Å². The van der Waals surface area contributed by atoms with Gasteiger partial charge in [-0.05, 0) is 13.0 Å². The molecular formula is C10H15N5S. The molecule has 0 aliphatic rings. The van der Waals surface area contributed by atoms with E-state index in [1.54, 1.807) is 11.3 Å². The quantitative estimate of drug-likeness (QED) is 0.800. The molecule has 0 bridgehead atoms. The maximum atomic E-state index is 4.29. The minimum atomic E-state index is 0.175. The Hall–Kier alpha value is -1.27. The lowest BCUT2D eigenvalue weighted by Gasteiger charge is -2.14. The second-order valence-electron chi connectivity index (χ2n) is 3.51. The molecular weight excluding hydrogens is 222 g/mol. The average Bonchev–Trinajstić information content (AvgIpc) is 2.96. The van der Waals surface area contributed by atoms with Crippen molar-refractivity contribution in [2.24, 2.45) is 0 Å². The summed E-state index contributed by atoms with van der Waals surface area (Å²) in [4.78, 5) is 8.49. The monoisotopic (exact) mass is 237 g/mol. The van der Waals surface area contributed by atoms with Crippen molar-refractivity contribution in [2.45, 2.75) is 25.8 Å². The van der Waals surface area contributed by atoms with Gasteiger partial charge >= 0.3 is 0 Å². The predicted molar refractivity (Wildman–Crippen MR) is 63.2 cm³/mol. The molecule has 1 atom stereocenters. The second kappa shape index (κ2) is 5.72. The summed E-state index contributed by atoms with van der Waals surface area (Å²) in [5.41, 5.74) is 0. The number of nitrogens with one attached hydrogen (secondary N) is 2. The molecule has 16 heavy (non-hydrogen) atoms. The van der Waals surface area contributed by atoms with Gasteiger partial charge in [0.2, 0.25) is 0 Å². The molecule has 0 fully saturated rings. The van der Waals surface area contributed by atoms with Crippen LogP contribution in [0.15, 0.2) is 17.9 Å². The molecule has 2 heterocycles. The normalized spacial score (nSPS) is 12.8. The van der Waals surface area contributed by atoms with Crippen molar-refractivity contribution < 1.29 is 0 Å². The van der Waals surface area contributed by atoms with Crippen LogP contribution in [0.5, 0.6) is 0 Å². The molecule has 0 aliphatic heterocycles. The number of aromatic amines is 1. The third kappa shape index (κ3) is 2.86. The number of H-pyrrole nitrogens is 1. The first kappa shape index (κ1) is 11.2. The van der Waals surface area contributed by atoms with Gasteiger partial charge in [0, 0.05) is 18.0 Å². The number of hydrogen-bond donors (Lipinski definition) is 2. The second-order valence-corrected chi connectivity index (χ2v) is 4.49. The summed E-state index contributed by atoms with van der Waals surface area (Å²) in [6, 6.07) is 0.175. The molecule has 2 N–H and O–H groups in total. The smallest absolute Gasteiger partial charge is 0.141 e. The van der Waals surface area contributed by atoms with E-state index < -0.39 is 0 Å². The number of hydrogen-bond acceptors (Lipinski definition) is 5. The van der Waals surface area contributed by atoms with Gasteiger partial charge in [-0.15, -0.1) is 11.3 Å². The molecule has 0 aromatic carbocycles. The number of thiazole rings is 1. The summed E-state index contributed by atoms with van der Waals surface area (Å²) >= 11 is 1.67. The van der Waals surface area contributed by atoms with Crippen LogP contribution in [0.2, 0.25) is 0 Å². The fourth-order valence-electron chi connectivity index (χ4n) is 1.50. The summed E-state index contributed by atoms with van der Waals surface area (Å²) in [5, 5.41) is 13.4. The zero-order valence-electron chi connectivity index (χ0n) is 9.18. The van der Waals surface area contributed by atoms with Crippen LogP contribution in [0, 0.1) is 0 Å². The fraction of sp³-hybridized carbons (Fsp3) is 0.500. The van der Waals surface area contributed by atoms with Gasteiger partial charge in [0.25, 0.3) is 0 Å². The van der Waals surface area contributed by atoms with Gasteiger partial charge < -0.3 is 5.32 Å². The van der Waals surface area contributed by atoms with E-state index in [-0.39, 0.29) is 6.04 Å². The highest BCUT2D eigenvalue weighted by Crippen LogP contribution is 2.16. The predicted octanol–water partition coefficient (Wildman–Crippen LogP) is 1.54. The Morgan fingerprint density at radius 2 is 2.44 bits per heavy atom. The van der Waals surface area contributed by atoms with E-state index in [0.717, 1.165) is 30.2 Å². The van der Waals surface area contributed by atoms with E-state index in [2.05, 4.69) is 32.4 Å². The zero-order valence-corrected chi connectivity index (χ0v) is 10.00. The molecule has 0 saturated heterocycles. The van der Waals surface area contributed by atoms with E-state index in [1.807, 2.05) is 11.6 Å². The molecule has 2 aromatic heterocycles. The molecule has 2 aromatic rings. The molecule has 0 radical (unpaired) electrons. The molecule has 0 aliphatic carbocycles. The first-order valence-electron chi connectivity index (χ1n) is 5.37. The van der Waals surface area contributed by atoms with Crippen molar-refractivity contribution in [2.75, 3.05) is 6.54 Å². The fourth-order valence-corrected chi connectivity index (χ4v) is 2.16. The highest BCUT2D eigenvalue weighted by Gasteiger charge is 2.15. The van der Waals surface area contributed by atoms with Crippen LogP contribution >= 0.6 is 11.3 Å². The van der Waals surface area contributed by atoms with Gasteiger partial charge in [-0.2, -0.15) is 5.10 Å². The van der Waals surface area contributed by atoms with Crippen LogP contribution < -0.4 is 5.32 Å². The summed E-state index contributed by atoms with van der Waals surface area (Å²) in [7, 11) is 0. The Morgan fingerprint density at radius 3 is 3.06 bits per heavy atom. The zero-order chi connectivity index (χ0) is 11.2. The minimum absolute atomic E-state index is 0.175. The van der Waals surface area contributed by atoms with Gasteiger partial charge in [-0.1, -0.05) is 6.92 Å². The highest BCUT2D eigenvalue weighted by molar-refractivity contribution is 7.09. The lowest BCUT2D eigenvalue weighted by Crippen LogP contribution is -2.25. The maximum Gasteiger partial charge on any atom is 0.141 e. The van der Waals surface area contributed by atoms with Crippen molar-refractivity contribution in [3.63, 3.8) is 0 Å². The lowest BCUT2D eigenvalue weighted by molar-refractivity contribution is 0.505. The summed E-state index contributed by atoms with van der Waals surface area (Å²) in [5.74, 6) is 0.878. The number of rotatable bonds is 6. The van der Waals surface area contributed by atoms with Gasteiger partial charge in [0.1, 0.15) is 12.2 Å². The van der Waals surface area contributed by atoms with Crippen LogP contribution in [0.25, 0.3) is 0 Å². The molecule has 0 spiro atoms. The molecule has 0 amide bonds. The Balaban J connectivity index is 2.03. The minimum Gasteiger partial charge on any atom is -0.307 e. The van der Waals surface area contributed by atoms with E-state index in [4.69, 9.17) is 0 Å². The van der Waals surface area contributed by atoms with Crippen LogP contribution in [0.3, 0.4) is 0 Å². The maximum absolute atomic E-state index is 4.29. The SMILES string of the molecule is CCCNC(Cc1nccs1)c1ncn[nH]1. The molecule has 5 nitrogen and oxygen atoms in total. The van der Waals surface area contributed by atoms with E-state index >= 15 is 0 Å². The third-order valence-electron chi connectivity index (χ3n) is 2.27. The molecule has 6 heteroatoms. The van der Waals surface area contributed by atoms with Gasteiger partial charge in [-0.3, -0.25) is 5.10 Å². The molecule has 0 saturated carbocycles.